The highest BCUT2D eigenvalue weighted by molar-refractivity contribution is 9.10. The molecule has 100 valence electrons. The number of nitrogens with one attached hydrogen (secondary N) is 1. The summed E-state index contributed by atoms with van der Waals surface area (Å²) >= 11 is 3.28. The topological polar surface area (TPSA) is 32.3 Å². The van der Waals surface area contributed by atoms with Crippen LogP contribution < -0.4 is 5.32 Å². The Morgan fingerprint density at radius 3 is 2.53 bits per heavy atom. The summed E-state index contributed by atoms with van der Waals surface area (Å²) in [6.45, 7) is 1.77. The molecular weight excluding hydrogens is 316 g/mol. The molecule has 0 aliphatic carbocycles. The minimum atomic E-state index is -0.716. The van der Waals surface area contributed by atoms with Crippen LogP contribution in [0.2, 0.25) is 0 Å². The highest BCUT2D eigenvalue weighted by Gasteiger charge is 2.12. The van der Waals surface area contributed by atoms with Gasteiger partial charge < -0.3 is 10.4 Å². The minimum absolute atomic E-state index is 0.331. The Morgan fingerprint density at radius 2 is 1.84 bits per heavy atom. The monoisotopic (exact) mass is 327 g/mol. The fourth-order valence-electron chi connectivity index (χ4n) is 1.77. The van der Waals surface area contributed by atoms with Crippen molar-refractivity contribution in [3.05, 3.63) is 58.1 Å². The van der Waals surface area contributed by atoms with Crippen molar-refractivity contribution >= 4 is 21.6 Å². The van der Waals surface area contributed by atoms with E-state index in [9.17, 15) is 8.78 Å². The van der Waals surface area contributed by atoms with Gasteiger partial charge in [-0.3, -0.25) is 0 Å². The van der Waals surface area contributed by atoms with Crippen molar-refractivity contribution in [2.45, 2.75) is 13.0 Å². The summed E-state index contributed by atoms with van der Waals surface area (Å²) in [5.74, 6) is -1.46. The number of phenols is 1. The van der Waals surface area contributed by atoms with Gasteiger partial charge in [0.25, 0.3) is 0 Å². The van der Waals surface area contributed by atoms with Gasteiger partial charge in [-0.1, -0.05) is 15.9 Å². The minimum Gasteiger partial charge on any atom is -0.505 e. The standard InChI is InChI=1S/C14H12BrF2NO/c1-8(11-6-9(15)2-4-12(11)16)18-10-3-5-14(19)13(17)7-10/h2-8,18-19H,1H3. The maximum Gasteiger partial charge on any atom is 0.166 e. The second kappa shape index (κ2) is 5.57. The van der Waals surface area contributed by atoms with Gasteiger partial charge in [0.1, 0.15) is 5.82 Å². The van der Waals surface area contributed by atoms with Crippen LogP contribution in [0, 0.1) is 11.6 Å². The Bertz CT molecular complexity index is 604. The number of halogens is 3. The highest BCUT2D eigenvalue weighted by atomic mass is 79.9. The molecule has 0 fully saturated rings. The third kappa shape index (κ3) is 3.23. The molecule has 0 aliphatic heterocycles. The molecule has 1 unspecified atom stereocenters. The highest BCUT2D eigenvalue weighted by Crippen LogP contribution is 2.26. The Balaban J connectivity index is 2.22. The molecule has 0 aromatic heterocycles. The summed E-state index contributed by atoms with van der Waals surface area (Å²) in [7, 11) is 0. The lowest BCUT2D eigenvalue weighted by atomic mass is 10.1. The quantitative estimate of drug-likeness (QED) is 0.807. The van der Waals surface area contributed by atoms with Crippen LogP contribution in [0.1, 0.15) is 18.5 Å². The first-order chi connectivity index (χ1) is 8.97. The van der Waals surface area contributed by atoms with E-state index in [1.54, 1.807) is 19.1 Å². The number of aromatic hydroxyl groups is 1. The average Bonchev–Trinajstić information content (AvgIpc) is 2.36. The number of hydrogen-bond donors (Lipinski definition) is 2. The largest absolute Gasteiger partial charge is 0.505 e. The Morgan fingerprint density at radius 1 is 1.11 bits per heavy atom. The van der Waals surface area contributed by atoms with Crippen molar-refractivity contribution in [2.24, 2.45) is 0 Å². The summed E-state index contributed by atoms with van der Waals surface area (Å²) in [6, 6.07) is 8.28. The molecule has 0 amide bonds. The Kier molecular flexibility index (Phi) is 4.04. The average molecular weight is 328 g/mol. The summed E-state index contributed by atoms with van der Waals surface area (Å²) < 4.78 is 27.7. The van der Waals surface area contributed by atoms with Crippen LogP contribution >= 0.6 is 15.9 Å². The van der Waals surface area contributed by atoms with E-state index in [-0.39, 0.29) is 11.9 Å². The number of anilines is 1. The van der Waals surface area contributed by atoms with Crippen LogP contribution in [-0.4, -0.2) is 5.11 Å². The van der Waals surface area contributed by atoms with Crippen molar-refractivity contribution in [1.82, 2.24) is 0 Å². The normalized spacial score (nSPS) is 12.2. The molecule has 2 aromatic rings. The lowest BCUT2D eigenvalue weighted by Crippen LogP contribution is -2.08. The molecule has 1 atom stereocenters. The molecule has 0 spiro atoms. The lowest BCUT2D eigenvalue weighted by molar-refractivity contribution is 0.432. The zero-order chi connectivity index (χ0) is 14.0. The first-order valence-corrected chi connectivity index (χ1v) is 6.46. The van der Waals surface area contributed by atoms with Crippen molar-refractivity contribution in [1.29, 1.82) is 0 Å². The maximum absolute atomic E-state index is 13.7. The van der Waals surface area contributed by atoms with Crippen LogP contribution in [0.4, 0.5) is 14.5 Å². The summed E-state index contributed by atoms with van der Waals surface area (Å²) in [5, 5.41) is 12.1. The molecule has 2 rings (SSSR count). The third-order valence-corrected chi connectivity index (χ3v) is 3.25. The predicted octanol–water partition coefficient (Wildman–Crippen LogP) is 4.61. The van der Waals surface area contributed by atoms with E-state index < -0.39 is 11.6 Å². The van der Waals surface area contributed by atoms with Gasteiger partial charge in [0.2, 0.25) is 0 Å². The summed E-state index contributed by atoms with van der Waals surface area (Å²) in [5.41, 5.74) is 0.949. The second-order valence-electron chi connectivity index (χ2n) is 4.20. The number of hydrogen-bond acceptors (Lipinski definition) is 2. The van der Waals surface area contributed by atoms with Crippen LogP contribution in [0.15, 0.2) is 40.9 Å². The summed E-state index contributed by atoms with van der Waals surface area (Å²) in [4.78, 5) is 0. The molecule has 2 N–H and O–H groups in total. The smallest absolute Gasteiger partial charge is 0.166 e. The zero-order valence-electron chi connectivity index (χ0n) is 10.1. The van der Waals surface area contributed by atoms with Crippen LogP contribution in [-0.2, 0) is 0 Å². The van der Waals surface area contributed by atoms with Gasteiger partial charge in [-0.2, -0.15) is 0 Å². The maximum atomic E-state index is 13.7. The Labute approximate surface area is 118 Å². The third-order valence-electron chi connectivity index (χ3n) is 2.76. The van der Waals surface area contributed by atoms with E-state index in [0.29, 0.717) is 11.3 Å². The zero-order valence-corrected chi connectivity index (χ0v) is 11.7. The lowest BCUT2D eigenvalue weighted by Gasteiger charge is -2.17. The van der Waals surface area contributed by atoms with Gasteiger partial charge in [0, 0.05) is 21.8 Å². The molecule has 2 nitrogen and oxygen atoms in total. The summed E-state index contributed by atoms with van der Waals surface area (Å²) in [6.07, 6.45) is 0. The molecular formula is C14H12BrF2NO. The molecule has 0 radical (unpaired) electrons. The fraction of sp³-hybridized carbons (Fsp3) is 0.143. The van der Waals surface area contributed by atoms with Gasteiger partial charge in [0.15, 0.2) is 11.6 Å². The number of benzene rings is 2. The molecule has 19 heavy (non-hydrogen) atoms. The molecule has 0 bridgehead atoms. The van der Waals surface area contributed by atoms with Crippen molar-refractivity contribution in [3.8, 4) is 5.75 Å². The van der Waals surface area contributed by atoms with Gasteiger partial charge in [-0.05, 0) is 37.3 Å². The first kappa shape index (κ1) is 13.8. The van der Waals surface area contributed by atoms with Crippen molar-refractivity contribution in [3.63, 3.8) is 0 Å². The van der Waals surface area contributed by atoms with E-state index in [2.05, 4.69) is 21.2 Å². The van der Waals surface area contributed by atoms with Gasteiger partial charge in [-0.15, -0.1) is 0 Å². The number of phenolic OH excluding ortho intramolecular Hbond substituents is 1. The van der Waals surface area contributed by atoms with Crippen molar-refractivity contribution in [2.75, 3.05) is 5.32 Å². The van der Waals surface area contributed by atoms with E-state index >= 15 is 0 Å². The van der Waals surface area contributed by atoms with Gasteiger partial charge in [-0.25, -0.2) is 8.78 Å². The first-order valence-electron chi connectivity index (χ1n) is 5.67. The molecule has 0 saturated carbocycles. The molecule has 5 heteroatoms. The molecule has 2 aromatic carbocycles. The SMILES string of the molecule is CC(Nc1ccc(O)c(F)c1)c1cc(Br)ccc1F. The van der Waals surface area contributed by atoms with E-state index in [4.69, 9.17) is 5.11 Å². The van der Waals surface area contributed by atoms with E-state index in [0.717, 1.165) is 4.47 Å². The van der Waals surface area contributed by atoms with Crippen LogP contribution in [0.3, 0.4) is 0 Å². The van der Waals surface area contributed by atoms with Gasteiger partial charge >= 0.3 is 0 Å². The van der Waals surface area contributed by atoms with Gasteiger partial charge in [0.05, 0.1) is 6.04 Å². The fourth-order valence-corrected chi connectivity index (χ4v) is 2.15. The van der Waals surface area contributed by atoms with Crippen LogP contribution in [0.5, 0.6) is 5.75 Å². The molecule has 0 saturated heterocycles. The molecule has 0 aliphatic rings. The van der Waals surface area contributed by atoms with Crippen LogP contribution in [0.25, 0.3) is 0 Å². The second-order valence-corrected chi connectivity index (χ2v) is 5.11. The van der Waals surface area contributed by atoms with E-state index in [1.165, 1.54) is 24.3 Å². The predicted molar refractivity (Wildman–Crippen MR) is 74.2 cm³/mol. The van der Waals surface area contributed by atoms with E-state index in [1.807, 2.05) is 0 Å². The van der Waals surface area contributed by atoms with Crippen molar-refractivity contribution < 1.29 is 13.9 Å². The molecule has 0 heterocycles. The Hall–Kier alpha value is -1.62. The number of rotatable bonds is 3.